The van der Waals surface area contributed by atoms with Gasteiger partial charge in [0, 0.05) is 19.1 Å². The number of amides is 2. The van der Waals surface area contributed by atoms with Gasteiger partial charge >= 0.3 is 11.8 Å². The van der Waals surface area contributed by atoms with Gasteiger partial charge in [0.25, 0.3) is 0 Å². The van der Waals surface area contributed by atoms with Crippen molar-refractivity contribution in [2.75, 3.05) is 19.6 Å². The average Bonchev–Trinajstić information content (AvgIpc) is 2.12. The summed E-state index contributed by atoms with van der Waals surface area (Å²) in [6.07, 6.45) is 0. The molecule has 0 radical (unpaired) electrons. The van der Waals surface area contributed by atoms with E-state index in [0.29, 0.717) is 13.1 Å². The van der Waals surface area contributed by atoms with E-state index >= 15 is 0 Å². The molecule has 0 saturated carbocycles. The predicted molar refractivity (Wildman–Crippen MR) is 60.2 cm³/mol. The van der Waals surface area contributed by atoms with Crippen LogP contribution in [-0.4, -0.2) is 52.3 Å². The molecule has 2 amide bonds. The minimum absolute atomic E-state index is 0.0495. The summed E-state index contributed by atoms with van der Waals surface area (Å²) in [5, 5.41) is 0. The van der Waals surface area contributed by atoms with Gasteiger partial charge in [-0.3, -0.25) is 9.59 Å². The maximum Gasteiger partial charge on any atom is 0.312 e. The maximum atomic E-state index is 11.6. The summed E-state index contributed by atoms with van der Waals surface area (Å²) in [5.74, 6) is -0.977. The number of nitrogens with two attached hydrogens (primary N) is 1. The Labute approximate surface area is 94.2 Å². The van der Waals surface area contributed by atoms with Crippen LogP contribution in [0.2, 0.25) is 0 Å². The molecular formula is C9H15N3O2S. The lowest BCUT2D eigenvalue weighted by atomic mass is 10.2. The molecule has 0 atom stereocenters. The highest BCUT2D eigenvalue weighted by Gasteiger charge is 2.33. The molecule has 6 heteroatoms. The highest BCUT2D eigenvalue weighted by atomic mass is 32.1. The van der Waals surface area contributed by atoms with Crippen LogP contribution in [0, 0.1) is 0 Å². The zero-order valence-corrected chi connectivity index (χ0v) is 9.71. The van der Waals surface area contributed by atoms with Crippen LogP contribution >= 0.6 is 12.2 Å². The van der Waals surface area contributed by atoms with Crippen LogP contribution in [0.4, 0.5) is 0 Å². The van der Waals surface area contributed by atoms with Gasteiger partial charge in [-0.2, -0.15) is 0 Å². The van der Waals surface area contributed by atoms with E-state index in [2.05, 4.69) is 0 Å². The second kappa shape index (κ2) is 4.57. The van der Waals surface area contributed by atoms with Gasteiger partial charge < -0.3 is 15.5 Å². The number of hydrogen-bond acceptors (Lipinski definition) is 3. The van der Waals surface area contributed by atoms with Crippen molar-refractivity contribution in [2.45, 2.75) is 19.9 Å². The largest absolute Gasteiger partial charge is 0.392 e. The minimum Gasteiger partial charge on any atom is -0.392 e. The fourth-order valence-electron chi connectivity index (χ4n) is 1.52. The molecular weight excluding hydrogens is 214 g/mol. The first-order valence-corrected chi connectivity index (χ1v) is 5.22. The first-order valence-electron chi connectivity index (χ1n) is 4.81. The molecule has 0 spiro atoms. The smallest absolute Gasteiger partial charge is 0.312 e. The van der Waals surface area contributed by atoms with E-state index < -0.39 is 11.8 Å². The number of hydrogen-bond donors (Lipinski definition) is 1. The maximum absolute atomic E-state index is 11.6. The Morgan fingerprint density at radius 3 is 2.47 bits per heavy atom. The van der Waals surface area contributed by atoms with Crippen molar-refractivity contribution in [1.82, 2.24) is 9.80 Å². The Morgan fingerprint density at radius 1 is 1.40 bits per heavy atom. The van der Waals surface area contributed by atoms with Gasteiger partial charge in [0.15, 0.2) is 0 Å². The number of carbonyl (C=O) groups is 2. The van der Waals surface area contributed by atoms with E-state index in [4.69, 9.17) is 18.0 Å². The Balaban J connectivity index is 2.69. The lowest BCUT2D eigenvalue weighted by molar-refractivity contribution is -0.156. The summed E-state index contributed by atoms with van der Waals surface area (Å²) in [4.78, 5) is 26.4. The third kappa shape index (κ3) is 2.65. The zero-order valence-electron chi connectivity index (χ0n) is 8.90. The molecule has 0 aromatic carbocycles. The van der Waals surface area contributed by atoms with Crippen molar-refractivity contribution in [2.24, 2.45) is 5.73 Å². The molecule has 5 nitrogen and oxygen atoms in total. The van der Waals surface area contributed by atoms with Crippen LogP contribution in [0.25, 0.3) is 0 Å². The summed E-state index contributed by atoms with van der Waals surface area (Å²) in [7, 11) is 0. The SMILES string of the molecule is CC(C)N1CCN(CC(N)=S)C(=O)C1=O. The first-order chi connectivity index (χ1) is 6.93. The van der Waals surface area contributed by atoms with Crippen molar-refractivity contribution in [3.63, 3.8) is 0 Å². The van der Waals surface area contributed by atoms with E-state index in [1.165, 1.54) is 4.90 Å². The summed E-state index contributed by atoms with van der Waals surface area (Å²) >= 11 is 4.71. The summed E-state index contributed by atoms with van der Waals surface area (Å²) in [5.41, 5.74) is 5.34. The highest BCUT2D eigenvalue weighted by Crippen LogP contribution is 2.08. The Bertz CT molecular complexity index is 304. The number of thiocarbonyl (C=S) groups is 1. The quantitative estimate of drug-likeness (QED) is 0.516. The fourth-order valence-corrected chi connectivity index (χ4v) is 1.68. The molecule has 0 aromatic heterocycles. The molecule has 1 rings (SSSR count). The van der Waals surface area contributed by atoms with Gasteiger partial charge in [0.05, 0.1) is 11.5 Å². The molecule has 0 bridgehead atoms. The molecule has 1 aliphatic rings. The lowest BCUT2D eigenvalue weighted by Crippen LogP contribution is -2.57. The molecule has 1 fully saturated rings. The van der Waals surface area contributed by atoms with Crippen LogP contribution in [0.1, 0.15) is 13.8 Å². The topological polar surface area (TPSA) is 66.6 Å². The molecule has 0 aliphatic carbocycles. The second-order valence-corrected chi connectivity index (χ2v) is 4.31. The van der Waals surface area contributed by atoms with Gasteiger partial charge in [-0.25, -0.2) is 0 Å². The molecule has 1 heterocycles. The Hall–Kier alpha value is -1.17. The number of carbonyl (C=O) groups excluding carboxylic acids is 2. The van der Waals surface area contributed by atoms with Crippen molar-refractivity contribution in [3.05, 3.63) is 0 Å². The van der Waals surface area contributed by atoms with Gasteiger partial charge in [-0.15, -0.1) is 0 Å². The van der Waals surface area contributed by atoms with Crippen LogP contribution in [0.3, 0.4) is 0 Å². The van der Waals surface area contributed by atoms with Gasteiger partial charge in [-0.05, 0) is 13.8 Å². The number of rotatable bonds is 3. The molecule has 1 aliphatic heterocycles. The van der Waals surface area contributed by atoms with Crippen LogP contribution in [-0.2, 0) is 9.59 Å². The molecule has 1 saturated heterocycles. The van der Waals surface area contributed by atoms with Gasteiger partial charge in [0.2, 0.25) is 0 Å². The van der Waals surface area contributed by atoms with Crippen molar-refractivity contribution >= 4 is 29.0 Å². The van der Waals surface area contributed by atoms with E-state index in [1.54, 1.807) is 4.90 Å². The summed E-state index contributed by atoms with van der Waals surface area (Å²) in [6, 6.07) is 0.0495. The van der Waals surface area contributed by atoms with Crippen LogP contribution in [0.5, 0.6) is 0 Å². The molecule has 0 unspecified atom stereocenters. The van der Waals surface area contributed by atoms with Crippen molar-refractivity contribution < 1.29 is 9.59 Å². The number of piperazine rings is 1. The normalized spacial score (nSPS) is 17.5. The van der Waals surface area contributed by atoms with Crippen LogP contribution in [0.15, 0.2) is 0 Å². The van der Waals surface area contributed by atoms with Gasteiger partial charge in [-0.1, -0.05) is 12.2 Å². The predicted octanol–water partition coefficient (Wildman–Crippen LogP) is -0.648. The second-order valence-electron chi connectivity index (χ2n) is 3.79. The molecule has 0 aromatic rings. The minimum atomic E-state index is -0.511. The van der Waals surface area contributed by atoms with Gasteiger partial charge in [0.1, 0.15) is 0 Å². The Kier molecular flexibility index (Phi) is 3.62. The average molecular weight is 229 g/mol. The van der Waals surface area contributed by atoms with E-state index in [1.807, 2.05) is 13.8 Å². The van der Waals surface area contributed by atoms with E-state index in [9.17, 15) is 9.59 Å². The number of nitrogens with zero attached hydrogens (tertiary/aromatic N) is 2. The third-order valence-electron chi connectivity index (χ3n) is 2.31. The lowest BCUT2D eigenvalue weighted by Gasteiger charge is -2.35. The van der Waals surface area contributed by atoms with Crippen LogP contribution < -0.4 is 5.73 Å². The Morgan fingerprint density at radius 2 is 2.00 bits per heavy atom. The molecule has 15 heavy (non-hydrogen) atoms. The standard InChI is InChI=1S/C9H15N3O2S/c1-6(2)12-4-3-11(5-7(10)15)8(13)9(12)14/h6H,3-5H2,1-2H3,(H2,10,15). The van der Waals surface area contributed by atoms with E-state index in [0.717, 1.165) is 0 Å². The molecule has 84 valence electrons. The first kappa shape index (κ1) is 11.9. The highest BCUT2D eigenvalue weighted by molar-refractivity contribution is 7.80. The molecule has 2 N–H and O–H groups in total. The summed E-state index contributed by atoms with van der Waals surface area (Å²) < 4.78 is 0. The third-order valence-corrected chi connectivity index (χ3v) is 2.44. The van der Waals surface area contributed by atoms with E-state index in [-0.39, 0.29) is 17.6 Å². The fraction of sp³-hybridized carbons (Fsp3) is 0.667. The summed E-state index contributed by atoms with van der Waals surface area (Å²) in [6.45, 7) is 5.00. The van der Waals surface area contributed by atoms with Crippen molar-refractivity contribution in [3.8, 4) is 0 Å². The monoisotopic (exact) mass is 229 g/mol. The van der Waals surface area contributed by atoms with Crippen molar-refractivity contribution in [1.29, 1.82) is 0 Å². The zero-order chi connectivity index (χ0) is 11.6.